The molecule has 0 aliphatic rings. The molecular formula is C54H37NS. The monoisotopic (exact) mass is 731 g/mol. The molecule has 264 valence electrons. The predicted molar refractivity (Wildman–Crippen MR) is 241 cm³/mol. The highest BCUT2D eigenvalue weighted by molar-refractivity contribution is 7.23. The fraction of sp³-hybridized carbons (Fsp3) is 0. The van der Waals surface area contributed by atoms with Crippen molar-refractivity contribution in [3.63, 3.8) is 0 Å². The molecular weight excluding hydrogens is 695 g/mol. The Labute approximate surface area is 332 Å². The van der Waals surface area contributed by atoms with Gasteiger partial charge in [-0.25, -0.2) is 0 Å². The SMILES string of the molecule is c1ccc(-c2ccc(N(c3ccc(-c4ccccc4)cc3)c3ccc(-c4ccc5c(-c6ccccc6)c(-c6ccccc6)sc5c4)c4ccccc34)cc2)cc1. The normalized spacial score (nSPS) is 11.2. The van der Waals surface area contributed by atoms with E-state index in [1.807, 2.05) is 11.3 Å². The molecule has 1 heterocycles. The number of hydrogen-bond acceptors (Lipinski definition) is 2. The summed E-state index contributed by atoms with van der Waals surface area (Å²) in [5, 5.41) is 3.71. The molecule has 0 unspecified atom stereocenters. The molecule has 0 bridgehead atoms. The molecule has 0 radical (unpaired) electrons. The van der Waals surface area contributed by atoms with Gasteiger partial charge in [-0.15, -0.1) is 11.3 Å². The first kappa shape index (κ1) is 33.6. The van der Waals surface area contributed by atoms with Crippen LogP contribution < -0.4 is 4.90 Å². The largest absolute Gasteiger partial charge is 0.310 e. The molecule has 2 heteroatoms. The van der Waals surface area contributed by atoms with E-state index >= 15 is 0 Å². The van der Waals surface area contributed by atoms with E-state index in [0.29, 0.717) is 0 Å². The van der Waals surface area contributed by atoms with Crippen LogP contribution in [0.5, 0.6) is 0 Å². The molecule has 0 amide bonds. The Morgan fingerprint density at radius 2 is 0.750 bits per heavy atom. The lowest BCUT2D eigenvalue weighted by Crippen LogP contribution is -2.10. The predicted octanol–water partition coefficient (Wildman–Crippen LogP) is 15.9. The van der Waals surface area contributed by atoms with Gasteiger partial charge in [0.05, 0.1) is 5.69 Å². The lowest BCUT2D eigenvalue weighted by molar-refractivity contribution is 1.30. The van der Waals surface area contributed by atoms with Crippen molar-refractivity contribution in [1.29, 1.82) is 0 Å². The van der Waals surface area contributed by atoms with Gasteiger partial charge in [-0.05, 0) is 86.3 Å². The summed E-state index contributed by atoms with van der Waals surface area (Å²) < 4.78 is 1.28. The third-order valence-electron chi connectivity index (χ3n) is 10.7. The van der Waals surface area contributed by atoms with Crippen LogP contribution in [0.1, 0.15) is 0 Å². The zero-order valence-electron chi connectivity index (χ0n) is 30.7. The topological polar surface area (TPSA) is 3.24 Å². The van der Waals surface area contributed by atoms with E-state index in [1.165, 1.54) is 75.8 Å². The van der Waals surface area contributed by atoms with Crippen LogP contribution in [0.3, 0.4) is 0 Å². The van der Waals surface area contributed by atoms with Crippen LogP contribution in [-0.4, -0.2) is 0 Å². The van der Waals surface area contributed by atoms with Crippen LogP contribution in [0.15, 0.2) is 224 Å². The van der Waals surface area contributed by atoms with Crippen molar-refractivity contribution in [3.8, 4) is 54.9 Å². The molecule has 0 saturated heterocycles. The minimum atomic E-state index is 1.11. The van der Waals surface area contributed by atoms with E-state index < -0.39 is 0 Å². The summed E-state index contributed by atoms with van der Waals surface area (Å²) in [7, 11) is 0. The number of benzene rings is 9. The quantitative estimate of drug-likeness (QED) is 0.150. The molecule has 1 nitrogen and oxygen atoms in total. The second-order valence-corrected chi connectivity index (χ2v) is 15.1. The van der Waals surface area contributed by atoms with E-state index in [4.69, 9.17) is 0 Å². The van der Waals surface area contributed by atoms with Gasteiger partial charge in [-0.3, -0.25) is 0 Å². The zero-order chi connectivity index (χ0) is 37.3. The molecule has 10 aromatic rings. The van der Waals surface area contributed by atoms with Crippen LogP contribution >= 0.6 is 11.3 Å². The number of hydrogen-bond donors (Lipinski definition) is 0. The first-order valence-electron chi connectivity index (χ1n) is 19.1. The van der Waals surface area contributed by atoms with E-state index in [-0.39, 0.29) is 0 Å². The van der Waals surface area contributed by atoms with Gasteiger partial charge in [0.25, 0.3) is 0 Å². The number of anilines is 3. The molecule has 10 rings (SSSR count). The van der Waals surface area contributed by atoms with Crippen molar-refractivity contribution in [1.82, 2.24) is 0 Å². The van der Waals surface area contributed by atoms with Gasteiger partial charge >= 0.3 is 0 Å². The third-order valence-corrected chi connectivity index (χ3v) is 11.9. The van der Waals surface area contributed by atoms with E-state index in [2.05, 4.69) is 229 Å². The summed E-state index contributed by atoms with van der Waals surface area (Å²) >= 11 is 1.88. The van der Waals surface area contributed by atoms with Crippen molar-refractivity contribution in [3.05, 3.63) is 224 Å². The molecule has 0 fully saturated rings. The third kappa shape index (κ3) is 6.26. The summed E-state index contributed by atoms with van der Waals surface area (Å²) in [6.45, 7) is 0. The molecule has 0 aliphatic carbocycles. The van der Waals surface area contributed by atoms with Gasteiger partial charge in [-0.2, -0.15) is 0 Å². The highest BCUT2D eigenvalue weighted by Gasteiger charge is 2.20. The van der Waals surface area contributed by atoms with Gasteiger partial charge < -0.3 is 4.90 Å². The van der Waals surface area contributed by atoms with Crippen LogP contribution in [0, 0.1) is 0 Å². The van der Waals surface area contributed by atoms with Crippen molar-refractivity contribution >= 4 is 49.3 Å². The Morgan fingerprint density at radius 1 is 0.304 bits per heavy atom. The maximum atomic E-state index is 2.40. The Morgan fingerprint density at radius 3 is 1.30 bits per heavy atom. The van der Waals surface area contributed by atoms with Crippen molar-refractivity contribution < 1.29 is 0 Å². The number of rotatable bonds is 8. The maximum Gasteiger partial charge on any atom is 0.0540 e. The standard InChI is InChI=1S/C54H37NS/c1-5-15-38(16-6-1)40-25-30-45(31-26-40)55(46-32-27-41(28-33-46)39-17-7-2-8-18-39)51-36-35-47(48-23-13-14-24-49(48)51)44-29-34-50-52(37-44)56-54(43-21-11-4-12-22-43)53(50)42-19-9-3-10-20-42/h1-37H. The van der Waals surface area contributed by atoms with Gasteiger partial charge in [0.15, 0.2) is 0 Å². The fourth-order valence-corrected chi connectivity index (χ4v) is 9.24. The van der Waals surface area contributed by atoms with Crippen LogP contribution in [-0.2, 0) is 0 Å². The first-order valence-corrected chi connectivity index (χ1v) is 19.9. The van der Waals surface area contributed by atoms with E-state index in [0.717, 1.165) is 17.1 Å². The van der Waals surface area contributed by atoms with Gasteiger partial charge in [0.2, 0.25) is 0 Å². The maximum absolute atomic E-state index is 2.40. The molecule has 0 aliphatic heterocycles. The summed E-state index contributed by atoms with van der Waals surface area (Å²) in [6, 6.07) is 81.2. The first-order chi connectivity index (χ1) is 27.8. The second-order valence-electron chi connectivity index (χ2n) is 14.1. The summed E-state index contributed by atoms with van der Waals surface area (Å²) in [6.07, 6.45) is 0. The fourth-order valence-electron chi connectivity index (χ4n) is 7.97. The minimum absolute atomic E-state index is 1.11. The summed E-state index contributed by atoms with van der Waals surface area (Å²) in [4.78, 5) is 3.70. The summed E-state index contributed by atoms with van der Waals surface area (Å²) in [5.41, 5.74) is 14.4. The average Bonchev–Trinajstić information content (AvgIpc) is 3.67. The summed E-state index contributed by atoms with van der Waals surface area (Å²) in [5.74, 6) is 0. The second kappa shape index (κ2) is 14.7. The number of nitrogens with zero attached hydrogens (tertiary/aromatic N) is 1. The van der Waals surface area contributed by atoms with Crippen LogP contribution in [0.25, 0.3) is 75.8 Å². The van der Waals surface area contributed by atoms with Gasteiger partial charge in [-0.1, -0.05) is 188 Å². The van der Waals surface area contributed by atoms with E-state index in [1.54, 1.807) is 0 Å². The minimum Gasteiger partial charge on any atom is -0.310 e. The lowest BCUT2D eigenvalue weighted by atomic mass is 9.94. The highest BCUT2D eigenvalue weighted by atomic mass is 32.1. The molecule has 0 spiro atoms. The molecule has 0 atom stereocenters. The van der Waals surface area contributed by atoms with Crippen LogP contribution in [0.4, 0.5) is 17.1 Å². The molecule has 56 heavy (non-hydrogen) atoms. The van der Waals surface area contributed by atoms with Gasteiger partial charge in [0.1, 0.15) is 0 Å². The van der Waals surface area contributed by atoms with Crippen molar-refractivity contribution in [2.75, 3.05) is 4.90 Å². The Kier molecular flexibility index (Phi) is 8.79. The average molecular weight is 732 g/mol. The number of fused-ring (bicyclic) bond motifs is 2. The smallest absolute Gasteiger partial charge is 0.0540 e. The zero-order valence-corrected chi connectivity index (χ0v) is 31.5. The Balaban J connectivity index is 1.11. The molecule has 0 saturated carbocycles. The highest BCUT2D eigenvalue weighted by Crippen LogP contribution is 2.47. The van der Waals surface area contributed by atoms with Crippen molar-refractivity contribution in [2.45, 2.75) is 0 Å². The molecule has 1 aromatic heterocycles. The van der Waals surface area contributed by atoms with E-state index in [9.17, 15) is 0 Å². The Bertz CT molecular complexity index is 2830. The Hall–Kier alpha value is -7.00. The number of thiophene rings is 1. The van der Waals surface area contributed by atoms with Gasteiger partial charge in [0, 0.05) is 37.3 Å². The molecule has 0 N–H and O–H groups in total. The lowest BCUT2D eigenvalue weighted by Gasteiger charge is -2.28. The van der Waals surface area contributed by atoms with Crippen LogP contribution in [0.2, 0.25) is 0 Å². The van der Waals surface area contributed by atoms with Crippen molar-refractivity contribution in [2.24, 2.45) is 0 Å². The molecule has 9 aromatic carbocycles.